The maximum absolute atomic E-state index is 6.10. The van der Waals surface area contributed by atoms with E-state index in [1.165, 1.54) is 11.1 Å². The number of rotatable bonds is 10. The Labute approximate surface area is 179 Å². The molecule has 0 spiro atoms. The van der Waals surface area contributed by atoms with E-state index in [2.05, 4.69) is 59.8 Å². The number of nitrogens with one attached hydrogen (secondary N) is 3. The van der Waals surface area contributed by atoms with Gasteiger partial charge in [0, 0.05) is 31.0 Å². The average Bonchev–Trinajstić information content (AvgIpc) is 3.40. The fourth-order valence-corrected chi connectivity index (χ4v) is 3.50. The number of aryl methyl sites for hydroxylation is 3. The highest BCUT2D eigenvalue weighted by molar-refractivity contribution is 5.79. The SMILES string of the molecule is CCNC(=NCc1ccc(C)cc1OCC1CCCO1)NCCCc1cn[nH]c1C. The van der Waals surface area contributed by atoms with Crippen LogP contribution in [-0.4, -0.2) is 48.6 Å². The quantitative estimate of drug-likeness (QED) is 0.316. The van der Waals surface area contributed by atoms with Crippen molar-refractivity contribution in [1.82, 2.24) is 20.8 Å². The summed E-state index contributed by atoms with van der Waals surface area (Å²) in [6.45, 7) is 9.91. The molecule has 1 aromatic heterocycles. The number of ether oxygens (including phenoxy) is 2. The lowest BCUT2D eigenvalue weighted by Gasteiger charge is -2.15. The van der Waals surface area contributed by atoms with E-state index in [4.69, 9.17) is 14.5 Å². The highest BCUT2D eigenvalue weighted by Gasteiger charge is 2.17. The summed E-state index contributed by atoms with van der Waals surface area (Å²) in [5.41, 5.74) is 4.69. The highest BCUT2D eigenvalue weighted by atomic mass is 16.5. The molecule has 0 radical (unpaired) electrons. The van der Waals surface area contributed by atoms with Gasteiger partial charge in [0.05, 0.1) is 18.8 Å². The van der Waals surface area contributed by atoms with Gasteiger partial charge in [0.2, 0.25) is 0 Å². The summed E-state index contributed by atoms with van der Waals surface area (Å²) in [6.07, 6.45) is 6.33. The molecule has 1 unspecified atom stereocenters. The van der Waals surface area contributed by atoms with E-state index in [0.717, 1.165) is 68.3 Å². The molecule has 1 saturated heterocycles. The van der Waals surface area contributed by atoms with Crippen LogP contribution in [0, 0.1) is 13.8 Å². The first-order chi connectivity index (χ1) is 14.7. The van der Waals surface area contributed by atoms with Crippen molar-refractivity contribution < 1.29 is 9.47 Å². The normalized spacial score (nSPS) is 16.6. The summed E-state index contributed by atoms with van der Waals surface area (Å²) in [5.74, 6) is 1.73. The number of H-pyrrole nitrogens is 1. The van der Waals surface area contributed by atoms with Crippen LogP contribution >= 0.6 is 0 Å². The maximum atomic E-state index is 6.10. The average molecular weight is 414 g/mol. The van der Waals surface area contributed by atoms with E-state index in [0.29, 0.717) is 13.2 Å². The van der Waals surface area contributed by atoms with Crippen molar-refractivity contribution in [1.29, 1.82) is 0 Å². The Morgan fingerprint density at radius 2 is 2.20 bits per heavy atom. The zero-order chi connectivity index (χ0) is 21.2. The van der Waals surface area contributed by atoms with Crippen LogP contribution in [0.4, 0.5) is 0 Å². The monoisotopic (exact) mass is 413 g/mol. The van der Waals surface area contributed by atoms with Crippen LogP contribution in [0.2, 0.25) is 0 Å². The lowest BCUT2D eigenvalue weighted by atomic mass is 10.1. The number of benzene rings is 1. The van der Waals surface area contributed by atoms with Gasteiger partial charge in [0.15, 0.2) is 5.96 Å². The standard InChI is InChI=1S/C23H35N5O2/c1-4-24-23(25-11-5-7-19-15-27-28-18(19)3)26-14-20-10-9-17(2)13-22(20)30-16-21-8-6-12-29-21/h9-10,13,15,21H,4-8,11-12,14,16H2,1-3H3,(H,27,28)(H2,24,25,26). The van der Waals surface area contributed by atoms with Crippen LogP contribution in [0.25, 0.3) is 0 Å². The molecule has 3 rings (SSSR count). The molecule has 1 aromatic carbocycles. The Balaban J connectivity index is 1.54. The van der Waals surface area contributed by atoms with Gasteiger partial charge in [-0.05, 0) is 63.6 Å². The molecule has 2 heterocycles. The van der Waals surface area contributed by atoms with E-state index < -0.39 is 0 Å². The molecule has 0 aliphatic carbocycles. The molecule has 1 aliphatic rings. The predicted octanol–water partition coefficient (Wildman–Crippen LogP) is 3.27. The molecule has 1 fully saturated rings. The number of hydrogen-bond acceptors (Lipinski definition) is 4. The fraction of sp³-hybridized carbons (Fsp3) is 0.565. The van der Waals surface area contributed by atoms with Crippen LogP contribution in [0.3, 0.4) is 0 Å². The molecule has 0 bridgehead atoms. The van der Waals surface area contributed by atoms with Crippen LogP contribution in [0.5, 0.6) is 5.75 Å². The Morgan fingerprint density at radius 3 is 2.93 bits per heavy atom. The largest absolute Gasteiger partial charge is 0.491 e. The summed E-state index contributed by atoms with van der Waals surface area (Å²) >= 11 is 0. The summed E-state index contributed by atoms with van der Waals surface area (Å²) in [4.78, 5) is 4.77. The highest BCUT2D eigenvalue weighted by Crippen LogP contribution is 2.23. The van der Waals surface area contributed by atoms with Gasteiger partial charge in [-0.2, -0.15) is 5.10 Å². The number of hydrogen-bond donors (Lipinski definition) is 3. The van der Waals surface area contributed by atoms with Gasteiger partial charge in [0.1, 0.15) is 12.4 Å². The third kappa shape index (κ3) is 6.76. The van der Waals surface area contributed by atoms with Crippen molar-refractivity contribution >= 4 is 5.96 Å². The summed E-state index contributed by atoms with van der Waals surface area (Å²) in [7, 11) is 0. The van der Waals surface area contributed by atoms with E-state index in [-0.39, 0.29) is 6.10 Å². The van der Waals surface area contributed by atoms with Gasteiger partial charge < -0.3 is 20.1 Å². The van der Waals surface area contributed by atoms with Crippen molar-refractivity contribution in [3.8, 4) is 5.75 Å². The number of guanidine groups is 1. The molecule has 0 amide bonds. The van der Waals surface area contributed by atoms with Gasteiger partial charge in [0.25, 0.3) is 0 Å². The molecule has 0 saturated carbocycles. The van der Waals surface area contributed by atoms with Crippen LogP contribution < -0.4 is 15.4 Å². The van der Waals surface area contributed by atoms with Gasteiger partial charge in [-0.25, -0.2) is 4.99 Å². The minimum atomic E-state index is 0.208. The first-order valence-electron chi connectivity index (χ1n) is 11.0. The Kier molecular flexibility index (Phi) is 8.56. The molecule has 30 heavy (non-hydrogen) atoms. The Morgan fingerprint density at radius 1 is 1.30 bits per heavy atom. The molecular formula is C23H35N5O2. The molecule has 7 nitrogen and oxygen atoms in total. The van der Waals surface area contributed by atoms with E-state index in [9.17, 15) is 0 Å². The predicted molar refractivity (Wildman–Crippen MR) is 120 cm³/mol. The van der Waals surface area contributed by atoms with E-state index in [1.54, 1.807) is 0 Å². The van der Waals surface area contributed by atoms with Crippen molar-refractivity contribution in [3.63, 3.8) is 0 Å². The number of nitrogens with zero attached hydrogens (tertiary/aromatic N) is 2. The lowest BCUT2D eigenvalue weighted by molar-refractivity contribution is 0.0676. The van der Waals surface area contributed by atoms with Crippen molar-refractivity contribution in [2.24, 2.45) is 4.99 Å². The van der Waals surface area contributed by atoms with E-state index in [1.807, 2.05) is 6.20 Å². The maximum Gasteiger partial charge on any atom is 0.191 e. The third-order valence-corrected chi connectivity index (χ3v) is 5.27. The molecule has 1 aliphatic heterocycles. The zero-order valence-corrected chi connectivity index (χ0v) is 18.5. The first kappa shape index (κ1) is 22.2. The van der Waals surface area contributed by atoms with E-state index >= 15 is 0 Å². The summed E-state index contributed by atoms with van der Waals surface area (Å²) < 4.78 is 11.8. The van der Waals surface area contributed by atoms with Gasteiger partial charge in [-0.15, -0.1) is 0 Å². The molecule has 3 N–H and O–H groups in total. The van der Waals surface area contributed by atoms with Crippen LogP contribution in [0.15, 0.2) is 29.4 Å². The Bertz CT molecular complexity index is 812. The topological polar surface area (TPSA) is 83.6 Å². The second-order valence-electron chi connectivity index (χ2n) is 7.80. The number of aliphatic imine (C=N–C) groups is 1. The molecular weight excluding hydrogens is 378 g/mol. The molecule has 2 aromatic rings. The minimum Gasteiger partial charge on any atom is -0.491 e. The van der Waals surface area contributed by atoms with Crippen molar-refractivity contribution in [2.45, 2.75) is 59.1 Å². The second kappa shape index (κ2) is 11.6. The lowest BCUT2D eigenvalue weighted by Crippen LogP contribution is -2.37. The molecule has 164 valence electrons. The van der Waals surface area contributed by atoms with Crippen LogP contribution in [0.1, 0.15) is 48.6 Å². The Hall–Kier alpha value is -2.54. The van der Waals surface area contributed by atoms with Gasteiger partial charge in [-0.3, -0.25) is 5.10 Å². The third-order valence-electron chi connectivity index (χ3n) is 5.27. The second-order valence-corrected chi connectivity index (χ2v) is 7.80. The number of aromatic nitrogens is 2. The zero-order valence-electron chi connectivity index (χ0n) is 18.5. The van der Waals surface area contributed by atoms with Gasteiger partial charge in [-0.1, -0.05) is 12.1 Å². The molecule has 1 atom stereocenters. The number of aromatic amines is 1. The summed E-state index contributed by atoms with van der Waals surface area (Å²) in [5, 5.41) is 13.8. The van der Waals surface area contributed by atoms with Crippen LogP contribution in [-0.2, 0) is 17.7 Å². The minimum absolute atomic E-state index is 0.208. The fourth-order valence-electron chi connectivity index (χ4n) is 3.50. The smallest absolute Gasteiger partial charge is 0.191 e. The van der Waals surface area contributed by atoms with Gasteiger partial charge >= 0.3 is 0 Å². The van der Waals surface area contributed by atoms with Crippen molar-refractivity contribution in [3.05, 3.63) is 46.8 Å². The first-order valence-corrected chi connectivity index (χ1v) is 11.0. The summed E-state index contributed by atoms with van der Waals surface area (Å²) in [6, 6.07) is 6.31. The molecule has 7 heteroatoms. The van der Waals surface area contributed by atoms with Crippen molar-refractivity contribution in [2.75, 3.05) is 26.3 Å².